The Morgan fingerprint density at radius 1 is 1.18 bits per heavy atom. The Bertz CT molecular complexity index is 1000. The maximum Gasteiger partial charge on any atom is 0.407 e. The third kappa shape index (κ3) is 6.47. The first-order valence-electron chi connectivity index (χ1n) is 11.3. The molecule has 0 aromatic heterocycles. The van der Waals surface area contributed by atoms with E-state index in [9.17, 15) is 14.4 Å². The predicted octanol–water partition coefficient (Wildman–Crippen LogP) is 3.73. The molecule has 2 aromatic carbocycles. The van der Waals surface area contributed by atoms with Crippen molar-refractivity contribution in [3.8, 4) is 5.75 Å². The summed E-state index contributed by atoms with van der Waals surface area (Å²) in [6.45, 7) is 6.41. The first-order valence-corrected chi connectivity index (χ1v) is 11.3. The minimum atomic E-state index is -0.535. The molecule has 0 saturated carbocycles. The van der Waals surface area contributed by atoms with Gasteiger partial charge in [0.15, 0.2) is 0 Å². The number of alkyl carbamates (subject to hydrolysis) is 1. The number of rotatable bonds is 10. The third-order valence-electron chi connectivity index (χ3n) is 5.78. The van der Waals surface area contributed by atoms with Crippen molar-refractivity contribution < 1.29 is 23.9 Å². The molecule has 0 bridgehead atoms. The van der Waals surface area contributed by atoms with Crippen molar-refractivity contribution in [2.24, 2.45) is 5.73 Å². The Balaban J connectivity index is 1.48. The molecule has 1 unspecified atom stereocenters. The van der Waals surface area contributed by atoms with Gasteiger partial charge in [-0.2, -0.15) is 0 Å². The van der Waals surface area contributed by atoms with E-state index >= 15 is 0 Å². The van der Waals surface area contributed by atoms with Gasteiger partial charge in [0.05, 0.1) is 13.0 Å². The molecular formula is C25H31N3O5. The van der Waals surface area contributed by atoms with E-state index in [1.807, 2.05) is 12.1 Å². The second-order valence-electron chi connectivity index (χ2n) is 7.97. The summed E-state index contributed by atoms with van der Waals surface area (Å²) in [5.74, 6) is -0.0920. The number of carbonyl (C=O) groups is 3. The zero-order valence-corrected chi connectivity index (χ0v) is 19.1. The zero-order valence-electron chi connectivity index (χ0n) is 19.1. The van der Waals surface area contributed by atoms with Gasteiger partial charge in [0.1, 0.15) is 5.75 Å². The molecule has 8 heteroatoms. The molecule has 0 saturated heterocycles. The predicted molar refractivity (Wildman–Crippen MR) is 125 cm³/mol. The number of primary amides is 1. The van der Waals surface area contributed by atoms with E-state index in [-0.39, 0.29) is 25.0 Å². The molecule has 0 fully saturated rings. The van der Waals surface area contributed by atoms with Gasteiger partial charge in [-0.05, 0) is 61.9 Å². The molecule has 0 radical (unpaired) electrons. The first-order chi connectivity index (χ1) is 15.9. The van der Waals surface area contributed by atoms with E-state index in [1.54, 1.807) is 24.3 Å². The number of hydrogen-bond acceptors (Lipinski definition) is 6. The number of anilines is 1. The number of ether oxygens (including phenoxy) is 2. The first kappa shape index (κ1) is 24.1. The van der Waals surface area contributed by atoms with Crippen LogP contribution in [0.2, 0.25) is 0 Å². The van der Waals surface area contributed by atoms with Crippen molar-refractivity contribution >= 4 is 23.7 Å². The Kier molecular flexibility index (Phi) is 8.29. The smallest absolute Gasteiger partial charge is 0.407 e. The Hall–Kier alpha value is -3.55. The molecule has 0 spiro atoms. The van der Waals surface area contributed by atoms with Crippen LogP contribution in [0.25, 0.3) is 0 Å². The molecule has 2 aromatic rings. The van der Waals surface area contributed by atoms with Crippen LogP contribution in [-0.4, -0.2) is 37.7 Å². The van der Waals surface area contributed by atoms with E-state index in [2.05, 4.69) is 30.1 Å². The zero-order chi connectivity index (χ0) is 23.8. The van der Waals surface area contributed by atoms with Crippen LogP contribution >= 0.6 is 0 Å². The Labute approximate surface area is 194 Å². The second-order valence-corrected chi connectivity index (χ2v) is 7.97. The molecule has 1 heterocycles. The lowest BCUT2D eigenvalue weighted by Gasteiger charge is -2.27. The van der Waals surface area contributed by atoms with E-state index in [1.165, 1.54) is 0 Å². The summed E-state index contributed by atoms with van der Waals surface area (Å²) < 4.78 is 10.8. The molecule has 176 valence electrons. The maximum absolute atomic E-state index is 12.1. The topological polar surface area (TPSA) is 111 Å². The highest BCUT2D eigenvalue weighted by atomic mass is 16.5. The largest absolute Gasteiger partial charge is 0.450 e. The van der Waals surface area contributed by atoms with Gasteiger partial charge in [-0.1, -0.05) is 18.2 Å². The highest BCUT2D eigenvalue weighted by Gasteiger charge is 2.27. The number of nitrogens with zero attached hydrogens (tertiary/aromatic N) is 1. The molecule has 3 rings (SSSR count). The molecule has 1 atom stereocenters. The van der Waals surface area contributed by atoms with E-state index < -0.39 is 12.0 Å². The lowest BCUT2D eigenvalue weighted by atomic mass is 9.88. The lowest BCUT2D eigenvalue weighted by molar-refractivity contribution is -0.136. The fourth-order valence-electron chi connectivity index (χ4n) is 4.02. The van der Waals surface area contributed by atoms with Crippen LogP contribution < -0.4 is 20.7 Å². The summed E-state index contributed by atoms with van der Waals surface area (Å²) in [6.07, 6.45) is 1.12. The van der Waals surface area contributed by atoms with Gasteiger partial charge in [0.2, 0.25) is 5.91 Å². The Morgan fingerprint density at radius 3 is 2.70 bits per heavy atom. The van der Waals surface area contributed by atoms with Crippen molar-refractivity contribution in [1.82, 2.24) is 5.32 Å². The average molecular weight is 454 g/mol. The van der Waals surface area contributed by atoms with Crippen LogP contribution in [0.15, 0.2) is 42.5 Å². The highest BCUT2D eigenvalue weighted by Crippen LogP contribution is 2.39. The van der Waals surface area contributed by atoms with Crippen molar-refractivity contribution in [2.75, 3.05) is 24.6 Å². The third-order valence-corrected chi connectivity index (χ3v) is 5.78. The normalized spacial score (nSPS) is 14.7. The van der Waals surface area contributed by atoms with Gasteiger partial charge in [-0.3, -0.25) is 9.59 Å². The van der Waals surface area contributed by atoms with Crippen LogP contribution in [0.1, 0.15) is 60.5 Å². The summed E-state index contributed by atoms with van der Waals surface area (Å²) in [5.41, 5.74) is 8.47. The van der Waals surface area contributed by atoms with Crippen LogP contribution in [0.3, 0.4) is 0 Å². The lowest BCUT2D eigenvalue weighted by Crippen LogP contribution is -2.25. The summed E-state index contributed by atoms with van der Waals surface area (Å²) >= 11 is 0. The van der Waals surface area contributed by atoms with Crippen LogP contribution in [0, 0.1) is 0 Å². The summed E-state index contributed by atoms with van der Waals surface area (Å²) in [7, 11) is 0. The molecule has 0 aliphatic carbocycles. The quantitative estimate of drug-likeness (QED) is 0.322. The molecular weight excluding hydrogens is 422 g/mol. The highest BCUT2D eigenvalue weighted by molar-refractivity contribution is 5.92. The number of esters is 1. The van der Waals surface area contributed by atoms with Crippen molar-refractivity contribution in [1.29, 1.82) is 0 Å². The van der Waals surface area contributed by atoms with E-state index in [0.717, 1.165) is 29.9 Å². The van der Waals surface area contributed by atoms with E-state index in [4.69, 9.17) is 15.2 Å². The number of benzene rings is 2. The number of hydrogen-bond donors (Lipinski definition) is 2. The van der Waals surface area contributed by atoms with Gasteiger partial charge in [0.25, 0.3) is 0 Å². The Morgan fingerprint density at radius 2 is 1.97 bits per heavy atom. The van der Waals surface area contributed by atoms with Crippen molar-refractivity contribution in [3.05, 3.63) is 59.2 Å². The van der Waals surface area contributed by atoms with Crippen LogP contribution in [-0.2, 0) is 16.1 Å². The molecule has 33 heavy (non-hydrogen) atoms. The van der Waals surface area contributed by atoms with Gasteiger partial charge < -0.3 is 25.4 Å². The maximum atomic E-state index is 12.1. The monoisotopic (exact) mass is 453 g/mol. The van der Waals surface area contributed by atoms with Crippen LogP contribution in [0.5, 0.6) is 5.75 Å². The number of fused-ring (bicyclic) bond motifs is 1. The SMILES string of the molecule is CCN(CC)c1ccc2c(c1)OC(=O)CC2CCCOC(=O)NCc1cccc(C(N)=O)c1. The minimum absolute atomic E-state index is 0.0372. The van der Waals surface area contributed by atoms with Gasteiger partial charge in [0, 0.05) is 37.0 Å². The molecule has 1 aliphatic heterocycles. The average Bonchev–Trinajstić information content (AvgIpc) is 2.81. The number of carbonyl (C=O) groups excluding carboxylic acids is 3. The summed E-state index contributed by atoms with van der Waals surface area (Å²) in [6, 6.07) is 12.8. The van der Waals surface area contributed by atoms with Gasteiger partial charge in [-0.25, -0.2) is 4.79 Å². The molecule has 3 N–H and O–H groups in total. The standard InChI is InChI=1S/C25H31N3O5/c1-3-28(4-2)20-10-11-21-18(14-23(29)33-22(21)15-20)9-6-12-32-25(31)27-16-17-7-5-8-19(13-17)24(26)30/h5,7-8,10-11,13,15,18H,3-4,6,9,12,14,16H2,1-2H3,(H2,26,30)(H,27,31). The number of nitrogens with two attached hydrogens (primary N) is 1. The molecule has 2 amide bonds. The number of nitrogens with one attached hydrogen (secondary N) is 1. The second kappa shape index (κ2) is 11.4. The molecule has 8 nitrogen and oxygen atoms in total. The van der Waals surface area contributed by atoms with Gasteiger partial charge in [-0.15, -0.1) is 0 Å². The van der Waals surface area contributed by atoms with Crippen molar-refractivity contribution in [3.63, 3.8) is 0 Å². The van der Waals surface area contributed by atoms with Crippen LogP contribution in [0.4, 0.5) is 10.5 Å². The van der Waals surface area contributed by atoms with Gasteiger partial charge >= 0.3 is 12.1 Å². The summed E-state index contributed by atoms with van der Waals surface area (Å²) in [4.78, 5) is 37.6. The fraction of sp³-hybridized carbons (Fsp3) is 0.400. The minimum Gasteiger partial charge on any atom is -0.450 e. The summed E-state index contributed by atoms with van der Waals surface area (Å²) in [5, 5.41) is 2.66. The fourth-order valence-corrected chi connectivity index (χ4v) is 4.02. The van der Waals surface area contributed by atoms with Crippen molar-refractivity contribution in [2.45, 2.75) is 45.6 Å². The molecule has 1 aliphatic rings. The number of amides is 2. The van der Waals surface area contributed by atoms with E-state index in [0.29, 0.717) is 30.6 Å².